The Morgan fingerprint density at radius 2 is 2.03 bits per heavy atom. The molecule has 1 fully saturated rings. The van der Waals surface area contributed by atoms with E-state index in [2.05, 4.69) is 32.3 Å². The Hall–Kier alpha value is -2.78. The predicted octanol–water partition coefficient (Wildman–Crippen LogP) is 5.03. The Bertz CT molecular complexity index is 1200. The van der Waals surface area contributed by atoms with Crippen molar-refractivity contribution in [1.29, 1.82) is 0 Å². The van der Waals surface area contributed by atoms with E-state index in [9.17, 15) is 4.79 Å². The van der Waals surface area contributed by atoms with Crippen LogP contribution in [0.2, 0.25) is 0 Å². The highest BCUT2D eigenvalue weighted by atomic mass is 32.1. The first kappa shape index (κ1) is 25.9. The molecule has 3 N–H and O–H groups in total. The maximum Gasteiger partial charge on any atom is 0.251 e. The van der Waals surface area contributed by atoms with E-state index in [1.165, 1.54) is 42.7 Å². The smallest absolute Gasteiger partial charge is 0.251 e. The van der Waals surface area contributed by atoms with Crippen LogP contribution in [-0.2, 0) is 12.8 Å². The van der Waals surface area contributed by atoms with Gasteiger partial charge in [-0.2, -0.15) is 4.98 Å². The van der Waals surface area contributed by atoms with Crippen molar-refractivity contribution < 1.29 is 9.32 Å². The Morgan fingerprint density at radius 1 is 1.19 bits per heavy atom. The molecule has 2 aromatic heterocycles. The second-order valence-corrected chi connectivity index (χ2v) is 11.7. The summed E-state index contributed by atoms with van der Waals surface area (Å²) in [6.45, 7) is 6.35. The van der Waals surface area contributed by atoms with Crippen LogP contribution in [0.5, 0.6) is 0 Å². The second-order valence-electron chi connectivity index (χ2n) is 10.6. The zero-order valence-corrected chi connectivity index (χ0v) is 22.7. The summed E-state index contributed by atoms with van der Waals surface area (Å²) >= 11 is 1.67. The molecule has 8 nitrogen and oxygen atoms in total. The number of aryl methyl sites for hydroxylation is 2. The molecular formula is C28H38N6O2S. The highest BCUT2D eigenvalue weighted by Crippen LogP contribution is 2.32. The summed E-state index contributed by atoms with van der Waals surface area (Å²) in [7, 11) is 0. The maximum absolute atomic E-state index is 12.9. The number of hydrogen-bond donors (Lipinski definition) is 2. The summed E-state index contributed by atoms with van der Waals surface area (Å²) in [5.41, 5.74) is 8.61. The standard InChI is InChI=1S/C28H38N6O2S/c1-3-14-34(23-11-12-24-25(17-23)37-28(29)32-24)15-13-19-7-9-22(10-8-19)31-27(35)21-6-4-5-20(16-21)26-30-18(2)36-33-26/h4-6,16,19,22-23H,3,7-15,17H2,1-2H3,(H2,29,32)(H,31,35)/t19?,22?,23-/m0/s1. The Kier molecular flexibility index (Phi) is 8.20. The van der Waals surface area contributed by atoms with Gasteiger partial charge in [-0.05, 0) is 88.9 Å². The molecule has 5 rings (SSSR count). The summed E-state index contributed by atoms with van der Waals surface area (Å²) in [6, 6.07) is 8.28. The van der Waals surface area contributed by atoms with E-state index in [0.29, 0.717) is 28.5 Å². The Morgan fingerprint density at radius 3 is 2.78 bits per heavy atom. The first-order valence-corrected chi connectivity index (χ1v) is 14.5. The Balaban J connectivity index is 1.09. The van der Waals surface area contributed by atoms with Crippen molar-refractivity contribution >= 4 is 22.4 Å². The molecule has 3 aromatic rings. The average Bonchev–Trinajstić information content (AvgIpc) is 3.51. The van der Waals surface area contributed by atoms with Gasteiger partial charge in [0, 0.05) is 35.0 Å². The van der Waals surface area contributed by atoms with Gasteiger partial charge in [0.15, 0.2) is 5.13 Å². The van der Waals surface area contributed by atoms with Crippen LogP contribution in [0.1, 0.15) is 78.7 Å². The number of amides is 1. The third-order valence-electron chi connectivity index (χ3n) is 7.87. The van der Waals surface area contributed by atoms with Crippen molar-refractivity contribution in [3.05, 3.63) is 46.3 Å². The van der Waals surface area contributed by atoms with Crippen molar-refractivity contribution in [1.82, 2.24) is 25.3 Å². The molecule has 2 aliphatic rings. The van der Waals surface area contributed by atoms with E-state index in [-0.39, 0.29) is 11.9 Å². The average molecular weight is 523 g/mol. The lowest BCUT2D eigenvalue weighted by Gasteiger charge is -2.36. The number of carbonyl (C=O) groups is 1. The monoisotopic (exact) mass is 522 g/mol. The maximum atomic E-state index is 12.9. The van der Waals surface area contributed by atoms with Gasteiger partial charge in [-0.3, -0.25) is 4.79 Å². The first-order chi connectivity index (χ1) is 18.0. The molecule has 0 unspecified atom stereocenters. The Labute approximate surface area is 223 Å². The molecule has 37 heavy (non-hydrogen) atoms. The normalized spacial score (nSPS) is 21.6. The zero-order valence-electron chi connectivity index (χ0n) is 21.9. The second kappa shape index (κ2) is 11.7. The molecule has 1 atom stereocenters. The lowest BCUT2D eigenvalue weighted by Crippen LogP contribution is -2.41. The molecule has 1 amide bonds. The number of carbonyl (C=O) groups excluding carboxylic acids is 1. The quantitative estimate of drug-likeness (QED) is 0.405. The highest BCUT2D eigenvalue weighted by Gasteiger charge is 2.28. The van der Waals surface area contributed by atoms with Crippen LogP contribution in [0, 0.1) is 12.8 Å². The third-order valence-corrected chi connectivity index (χ3v) is 8.82. The first-order valence-electron chi connectivity index (χ1n) is 13.7. The molecule has 0 bridgehead atoms. The van der Waals surface area contributed by atoms with E-state index in [1.54, 1.807) is 18.3 Å². The minimum atomic E-state index is -0.0278. The van der Waals surface area contributed by atoms with Gasteiger partial charge in [-0.25, -0.2) is 4.98 Å². The van der Waals surface area contributed by atoms with Crippen LogP contribution in [0.3, 0.4) is 0 Å². The summed E-state index contributed by atoms with van der Waals surface area (Å²) in [5, 5.41) is 7.94. The lowest BCUT2D eigenvalue weighted by molar-refractivity contribution is 0.0918. The molecule has 0 aliphatic heterocycles. The number of anilines is 1. The molecule has 0 spiro atoms. The lowest BCUT2D eigenvalue weighted by atomic mass is 9.83. The van der Waals surface area contributed by atoms with Crippen LogP contribution in [0.4, 0.5) is 5.13 Å². The number of nitrogen functional groups attached to an aromatic ring is 1. The number of nitrogens with two attached hydrogens (primary N) is 1. The number of nitrogens with one attached hydrogen (secondary N) is 1. The number of benzene rings is 1. The fourth-order valence-electron chi connectivity index (χ4n) is 5.88. The minimum Gasteiger partial charge on any atom is -0.375 e. The number of nitrogens with zero attached hydrogens (tertiary/aromatic N) is 4. The van der Waals surface area contributed by atoms with Gasteiger partial charge in [-0.15, -0.1) is 11.3 Å². The molecular weight excluding hydrogens is 484 g/mol. The molecule has 2 aliphatic carbocycles. The van der Waals surface area contributed by atoms with E-state index < -0.39 is 0 Å². The van der Waals surface area contributed by atoms with Crippen LogP contribution < -0.4 is 11.1 Å². The van der Waals surface area contributed by atoms with Crippen molar-refractivity contribution in [2.75, 3.05) is 18.8 Å². The van der Waals surface area contributed by atoms with Crippen LogP contribution in [0.15, 0.2) is 28.8 Å². The molecule has 198 valence electrons. The van der Waals surface area contributed by atoms with Crippen LogP contribution in [0.25, 0.3) is 11.4 Å². The number of rotatable bonds is 9. The van der Waals surface area contributed by atoms with Crippen molar-refractivity contribution in [2.45, 2.75) is 83.7 Å². The minimum absolute atomic E-state index is 0.0278. The number of aromatic nitrogens is 3. The van der Waals surface area contributed by atoms with E-state index in [4.69, 9.17) is 10.3 Å². The summed E-state index contributed by atoms with van der Waals surface area (Å²) in [6.07, 6.45) is 10.2. The summed E-state index contributed by atoms with van der Waals surface area (Å²) in [4.78, 5) is 25.8. The predicted molar refractivity (Wildman–Crippen MR) is 147 cm³/mol. The van der Waals surface area contributed by atoms with Gasteiger partial charge >= 0.3 is 0 Å². The molecule has 2 heterocycles. The van der Waals surface area contributed by atoms with Gasteiger partial charge < -0.3 is 20.5 Å². The number of hydrogen-bond acceptors (Lipinski definition) is 8. The highest BCUT2D eigenvalue weighted by molar-refractivity contribution is 7.15. The number of thiazole rings is 1. The molecule has 9 heteroatoms. The van der Waals surface area contributed by atoms with Crippen molar-refractivity contribution in [3.8, 4) is 11.4 Å². The van der Waals surface area contributed by atoms with Crippen molar-refractivity contribution in [3.63, 3.8) is 0 Å². The van der Waals surface area contributed by atoms with E-state index in [0.717, 1.165) is 50.3 Å². The molecule has 0 saturated heterocycles. The van der Waals surface area contributed by atoms with Gasteiger partial charge in [0.1, 0.15) is 0 Å². The third kappa shape index (κ3) is 6.38. The molecule has 1 saturated carbocycles. The fourth-order valence-corrected chi connectivity index (χ4v) is 6.83. The van der Waals surface area contributed by atoms with Crippen LogP contribution in [-0.4, -0.2) is 51.1 Å². The summed E-state index contributed by atoms with van der Waals surface area (Å²) < 4.78 is 5.08. The van der Waals surface area contributed by atoms with Gasteiger partial charge in [-0.1, -0.05) is 24.2 Å². The summed E-state index contributed by atoms with van der Waals surface area (Å²) in [5.74, 6) is 1.72. The van der Waals surface area contributed by atoms with Crippen molar-refractivity contribution in [2.24, 2.45) is 5.92 Å². The fraction of sp³-hybridized carbons (Fsp3) is 0.571. The molecule has 1 aromatic carbocycles. The number of fused-ring (bicyclic) bond motifs is 1. The van der Waals surface area contributed by atoms with Gasteiger partial charge in [0.2, 0.25) is 11.7 Å². The topological polar surface area (TPSA) is 110 Å². The zero-order chi connectivity index (χ0) is 25.8. The van der Waals surface area contributed by atoms with E-state index >= 15 is 0 Å². The van der Waals surface area contributed by atoms with Gasteiger partial charge in [0.05, 0.1) is 5.69 Å². The largest absolute Gasteiger partial charge is 0.375 e. The molecule has 0 radical (unpaired) electrons. The van der Waals surface area contributed by atoms with Crippen LogP contribution >= 0.6 is 11.3 Å². The SMILES string of the molecule is CCCN(CCC1CCC(NC(=O)c2cccc(-c3noc(C)n3)c2)CC1)[C@H]1CCc2nc(N)sc2C1. The van der Waals surface area contributed by atoms with E-state index in [1.807, 2.05) is 24.3 Å². The van der Waals surface area contributed by atoms with Gasteiger partial charge in [0.25, 0.3) is 5.91 Å².